The van der Waals surface area contributed by atoms with Crippen LogP contribution in [0.15, 0.2) is 54.6 Å². The molecule has 1 heterocycles. The molecule has 3 aromatic rings. The Morgan fingerprint density at radius 2 is 1.70 bits per heavy atom. The van der Waals surface area contributed by atoms with Gasteiger partial charge < -0.3 is 15.4 Å². The van der Waals surface area contributed by atoms with Gasteiger partial charge in [0.15, 0.2) is 0 Å². The molecule has 0 saturated heterocycles. The van der Waals surface area contributed by atoms with Crippen LogP contribution >= 0.6 is 0 Å². The standard InChI is InChI=1S/C21H23FN4O/c1-14(2)27-19-10-8-18(9-11-19)25-20-12-15(3)24-21(26-20)23-13-16-4-6-17(22)7-5-16/h4-12,14H,13H2,1-3H3,(H2,23,24,25,26). The number of benzene rings is 2. The molecule has 0 unspecified atom stereocenters. The second kappa shape index (κ2) is 8.49. The molecule has 2 N–H and O–H groups in total. The van der Waals surface area contributed by atoms with Gasteiger partial charge in [-0.25, -0.2) is 9.37 Å². The highest BCUT2D eigenvalue weighted by atomic mass is 19.1. The summed E-state index contributed by atoms with van der Waals surface area (Å²) in [5, 5.41) is 6.45. The van der Waals surface area contributed by atoms with Crippen molar-refractivity contribution in [3.05, 3.63) is 71.7 Å². The van der Waals surface area contributed by atoms with Crippen LogP contribution < -0.4 is 15.4 Å². The van der Waals surface area contributed by atoms with E-state index in [1.54, 1.807) is 12.1 Å². The maximum atomic E-state index is 13.0. The van der Waals surface area contributed by atoms with E-state index in [4.69, 9.17) is 4.74 Å². The summed E-state index contributed by atoms with van der Waals surface area (Å²) in [4.78, 5) is 8.89. The molecule has 0 aliphatic heterocycles. The molecule has 0 spiro atoms. The van der Waals surface area contributed by atoms with Gasteiger partial charge in [-0.2, -0.15) is 4.98 Å². The van der Waals surface area contributed by atoms with E-state index >= 15 is 0 Å². The largest absolute Gasteiger partial charge is 0.491 e. The van der Waals surface area contributed by atoms with Gasteiger partial charge in [-0.3, -0.25) is 0 Å². The molecule has 1 aromatic heterocycles. The zero-order valence-electron chi connectivity index (χ0n) is 15.7. The highest BCUT2D eigenvalue weighted by Gasteiger charge is 2.04. The van der Waals surface area contributed by atoms with Gasteiger partial charge in [-0.15, -0.1) is 0 Å². The van der Waals surface area contributed by atoms with Crippen molar-refractivity contribution >= 4 is 17.5 Å². The van der Waals surface area contributed by atoms with Gasteiger partial charge in [-0.1, -0.05) is 12.1 Å². The number of aromatic nitrogens is 2. The number of ether oxygens (including phenoxy) is 1. The molecule has 0 fully saturated rings. The third kappa shape index (κ3) is 5.67. The van der Waals surface area contributed by atoms with Crippen molar-refractivity contribution in [2.45, 2.75) is 33.4 Å². The average Bonchev–Trinajstić information content (AvgIpc) is 2.62. The molecule has 0 saturated carbocycles. The Morgan fingerprint density at radius 1 is 1.00 bits per heavy atom. The summed E-state index contributed by atoms with van der Waals surface area (Å²) in [5.74, 6) is 1.79. The van der Waals surface area contributed by atoms with Crippen molar-refractivity contribution in [1.82, 2.24) is 9.97 Å². The van der Waals surface area contributed by atoms with Crippen molar-refractivity contribution in [1.29, 1.82) is 0 Å². The fourth-order valence-electron chi connectivity index (χ4n) is 2.53. The summed E-state index contributed by atoms with van der Waals surface area (Å²) < 4.78 is 18.6. The normalized spacial score (nSPS) is 10.7. The minimum atomic E-state index is -0.248. The molecule has 5 nitrogen and oxygen atoms in total. The molecule has 3 rings (SSSR count). The van der Waals surface area contributed by atoms with Crippen molar-refractivity contribution < 1.29 is 9.13 Å². The van der Waals surface area contributed by atoms with Gasteiger partial charge in [0.05, 0.1) is 6.10 Å². The number of rotatable bonds is 7. The van der Waals surface area contributed by atoms with Crippen LogP contribution in [0.4, 0.5) is 21.8 Å². The van der Waals surface area contributed by atoms with E-state index in [1.807, 2.05) is 51.1 Å². The fraction of sp³-hybridized carbons (Fsp3) is 0.238. The second-order valence-corrected chi connectivity index (χ2v) is 6.51. The van der Waals surface area contributed by atoms with Crippen LogP contribution in [0, 0.1) is 12.7 Å². The van der Waals surface area contributed by atoms with Crippen LogP contribution in [-0.4, -0.2) is 16.1 Å². The maximum Gasteiger partial charge on any atom is 0.225 e. The Hall–Kier alpha value is -3.15. The smallest absolute Gasteiger partial charge is 0.225 e. The van der Waals surface area contributed by atoms with Crippen molar-refractivity contribution in [2.24, 2.45) is 0 Å². The van der Waals surface area contributed by atoms with Crippen LogP contribution in [-0.2, 0) is 6.54 Å². The van der Waals surface area contributed by atoms with Crippen LogP contribution in [0.2, 0.25) is 0 Å². The minimum Gasteiger partial charge on any atom is -0.491 e. The summed E-state index contributed by atoms with van der Waals surface area (Å²) in [7, 11) is 0. The topological polar surface area (TPSA) is 59.1 Å². The molecule has 0 aliphatic rings. The third-order valence-electron chi connectivity index (χ3n) is 3.72. The third-order valence-corrected chi connectivity index (χ3v) is 3.72. The lowest BCUT2D eigenvalue weighted by Gasteiger charge is -2.12. The fourth-order valence-corrected chi connectivity index (χ4v) is 2.53. The first kappa shape index (κ1) is 18.6. The lowest BCUT2D eigenvalue weighted by molar-refractivity contribution is 0.242. The summed E-state index contributed by atoms with van der Waals surface area (Å²) >= 11 is 0. The first-order valence-corrected chi connectivity index (χ1v) is 8.86. The van der Waals surface area contributed by atoms with Crippen molar-refractivity contribution in [2.75, 3.05) is 10.6 Å². The molecular weight excluding hydrogens is 343 g/mol. The Balaban J connectivity index is 1.66. The molecule has 0 amide bonds. The molecule has 0 radical (unpaired) electrons. The highest BCUT2D eigenvalue weighted by molar-refractivity contribution is 5.58. The zero-order chi connectivity index (χ0) is 19.2. The highest BCUT2D eigenvalue weighted by Crippen LogP contribution is 2.21. The molecule has 0 bridgehead atoms. The van der Waals surface area contributed by atoms with Gasteiger partial charge in [0.1, 0.15) is 17.4 Å². The summed E-state index contributed by atoms with van der Waals surface area (Å²) in [6.45, 7) is 6.42. The summed E-state index contributed by atoms with van der Waals surface area (Å²) in [6, 6.07) is 16.0. The van der Waals surface area contributed by atoms with Gasteiger partial charge in [0, 0.05) is 24.0 Å². The molecule has 27 heavy (non-hydrogen) atoms. The average molecular weight is 366 g/mol. The number of nitrogens with one attached hydrogen (secondary N) is 2. The van der Waals surface area contributed by atoms with Gasteiger partial charge >= 0.3 is 0 Å². The first-order chi connectivity index (χ1) is 13.0. The molecular formula is C21H23FN4O. The van der Waals surface area contributed by atoms with E-state index in [-0.39, 0.29) is 11.9 Å². The van der Waals surface area contributed by atoms with E-state index < -0.39 is 0 Å². The predicted molar refractivity (Wildman–Crippen MR) is 106 cm³/mol. The number of aryl methyl sites for hydroxylation is 1. The number of nitrogens with zero attached hydrogens (tertiary/aromatic N) is 2. The molecule has 6 heteroatoms. The molecule has 2 aromatic carbocycles. The van der Waals surface area contributed by atoms with Gasteiger partial charge in [-0.05, 0) is 62.7 Å². The van der Waals surface area contributed by atoms with E-state index in [0.717, 1.165) is 22.7 Å². The van der Waals surface area contributed by atoms with Crippen LogP contribution in [0.25, 0.3) is 0 Å². The first-order valence-electron chi connectivity index (χ1n) is 8.86. The predicted octanol–water partition coefficient (Wildman–Crippen LogP) is 5.07. The van der Waals surface area contributed by atoms with E-state index in [1.165, 1.54) is 12.1 Å². The van der Waals surface area contributed by atoms with Gasteiger partial charge in [0.2, 0.25) is 5.95 Å². The number of hydrogen-bond donors (Lipinski definition) is 2. The lowest BCUT2D eigenvalue weighted by Crippen LogP contribution is -2.07. The van der Waals surface area contributed by atoms with Crippen molar-refractivity contribution in [3.63, 3.8) is 0 Å². The molecule has 0 aliphatic carbocycles. The van der Waals surface area contributed by atoms with E-state index in [0.29, 0.717) is 18.3 Å². The SMILES string of the molecule is Cc1cc(Nc2ccc(OC(C)C)cc2)nc(NCc2ccc(F)cc2)n1. The number of halogens is 1. The Labute approximate surface area is 158 Å². The minimum absolute atomic E-state index is 0.142. The van der Waals surface area contributed by atoms with Crippen LogP contribution in [0.1, 0.15) is 25.1 Å². The second-order valence-electron chi connectivity index (χ2n) is 6.51. The number of anilines is 3. The Kier molecular flexibility index (Phi) is 5.86. The molecule has 140 valence electrons. The van der Waals surface area contributed by atoms with Crippen molar-refractivity contribution in [3.8, 4) is 5.75 Å². The summed E-state index contributed by atoms with van der Waals surface area (Å²) in [5.41, 5.74) is 2.71. The summed E-state index contributed by atoms with van der Waals surface area (Å²) in [6.07, 6.45) is 0.142. The van der Waals surface area contributed by atoms with E-state index in [2.05, 4.69) is 20.6 Å². The zero-order valence-corrected chi connectivity index (χ0v) is 15.7. The van der Waals surface area contributed by atoms with Crippen LogP contribution in [0.5, 0.6) is 5.75 Å². The monoisotopic (exact) mass is 366 g/mol. The quantitative estimate of drug-likeness (QED) is 0.611. The van der Waals surface area contributed by atoms with Crippen LogP contribution in [0.3, 0.4) is 0 Å². The lowest BCUT2D eigenvalue weighted by atomic mass is 10.2. The Bertz CT molecular complexity index is 880. The van der Waals surface area contributed by atoms with E-state index in [9.17, 15) is 4.39 Å². The Morgan fingerprint density at radius 3 is 2.37 bits per heavy atom. The maximum absolute atomic E-state index is 13.0. The molecule has 0 atom stereocenters. The van der Waals surface area contributed by atoms with Gasteiger partial charge in [0.25, 0.3) is 0 Å². The number of hydrogen-bond acceptors (Lipinski definition) is 5.